The second kappa shape index (κ2) is 15.0. The lowest BCUT2D eigenvalue weighted by Crippen LogP contribution is -2.38. The van der Waals surface area contributed by atoms with Gasteiger partial charge in [-0.3, -0.25) is 0 Å². The van der Waals surface area contributed by atoms with Gasteiger partial charge in [0, 0.05) is 73.2 Å². The predicted octanol–water partition coefficient (Wildman–Crippen LogP) is 14.7. The number of fused-ring (bicyclic) bond motifs is 7. The summed E-state index contributed by atoms with van der Waals surface area (Å²) < 4.78 is 9.22. The topological polar surface area (TPSA) is 29.4 Å². The van der Waals surface area contributed by atoms with E-state index in [4.69, 9.17) is 4.74 Å². The molecule has 5 heteroatoms. The van der Waals surface area contributed by atoms with Gasteiger partial charge >= 0.3 is 0 Å². The Morgan fingerprint density at radius 3 is 2.03 bits per heavy atom. The van der Waals surface area contributed by atoms with E-state index >= 15 is 0 Å². The summed E-state index contributed by atoms with van der Waals surface area (Å²) in [5.74, 6) is 1.62. The van der Waals surface area contributed by atoms with Gasteiger partial charge in [-0.15, -0.1) is 0 Å². The molecule has 1 radical (unpaired) electrons. The minimum Gasteiger partial charge on any atom is -0.456 e. The molecule has 3 aliphatic rings. The van der Waals surface area contributed by atoms with Crippen molar-refractivity contribution in [3.63, 3.8) is 0 Å². The summed E-state index contributed by atoms with van der Waals surface area (Å²) >= 11 is 0. The van der Waals surface area contributed by atoms with Crippen molar-refractivity contribution in [3.05, 3.63) is 210 Å². The van der Waals surface area contributed by atoms with Gasteiger partial charge in [0.25, 0.3) is 0 Å². The van der Waals surface area contributed by atoms with Crippen LogP contribution in [0.3, 0.4) is 0 Å². The monoisotopic (exact) mass is 852 g/mol. The van der Waals surface area contributed by atoms with Gasteiger partial charge in [-0.2, -0.15) is 0 Å². The molecular formula is C61H51BN3O. The number of aromatic nitrogens is 1. The quantitative estimate of drug-likeness (QED) is 0.162. The Morgan fingerprint density at radius 1 is 0.636 bits per heavy atom. The normalized spacial score (nSPS) is 15.2. The second-order valence-corrected chi connectivity index (χ2v) is 19.7. The van der Waals surface area contributed by atoms with Crippen LogP contribution in [-0.2, 0) is 10.8 Å². The van der Waals surface area contributed by atoms with Crippen LogP contribution in [0.25, 0.3) is 50.0 Å². The van der Waals surface area contributed by atoms with Crippen molar-refractivity contribution in [2.24, 2.45) is 0 Å². The van der Waals surface area contributed by atoms with Crippen LogP contribution in [0, 0.1) is 6.92 Å². The van der Waals surface area contributed by atoms with E-state index in [-0.39, 0.29) is 10.8 Å². The minimum atomic E-state index is 0.0810. The van der Waals surface area contributed by atoms with E-state index in [1.165, 1.54) is 55.9 Å². The van der Waals surface area contributed by atoms with Crippen molar-refractivity contribution in [1.82, 2.24) is 4.57 Å². The first kappa shape index (κ1) is 40.0. The molecule has 1 N–H and O–H groups in total. The Balaban J connectivity index is 1.09. The van der Waals surface area contributed by atoms with E-state index in [9.17, 15) is 0 Å². The smallest absolute Gasteiger partial charge is 0.197 e. The van der Waals surface area contributed by atoms with Gasteiger partial charge in [-0.05, 0) is 131 Å². The fourth-order valence-corrected chi connectivity index (χ4v) is 10.9. The Morgan fingerprint density at radius 2 is 1.30 bits per heavy atom. The van der Waals surface area contributed by atoms with E-state index in [0.717, 1.165) is 79.8 Å². The van der Waals surface area contributed by atoms with Gasteiger partial charge in [0.05, 0.1) is 5.52 Å². The first-order valence-electron chi connectivity index (χ1n) is 23.2. The molecule has 0 saturated carbocycles. The van der Waals surface area contributed by atoms with E-state index in [1.54, 1.807) is 0 Å². The van der Waals surface area contributed by atoms with Crippen molar-refractivity contribution >= 4 is 79.8 Å². The van der Waals surface area contributed by atoms with Crippen LogP contribution < -0.4 is 25.9 Å². The molecule has 66 heavy (non-hydrogen) atoms. The predicted molar refractivity (Wildman–Crippen MR) is 280 cm³/mol. The van der Waals surface area contributed by atoms with E-state index in [0.29, 0.717) is 0 Å². The standard InChI is InChI=1S/C61H51BN3O/c1-38-33-55(40-18-10-7-11-19-40)66-56-37-54-51(36-46(38)56)62-58-48(32-39(2)57-45-24-16-17-25-53(45)65(54)59(57)58)47-35-44(64(42-20-12-8-13-21-42)43-22-14-9-15-23-43)27-29-52(47)63-41-26-28-49-50(34-41)61(5,6)31-30-60(49,3)4/h7-29,32-37,63H,1,30-31H2,2-6H3. The summed E-state index contributed by atoms with van der Waals surface area (Å²) in [6.45, 7) is 16.4. The molecule has 0 bridgehead atoms. The first-order chi connectivity index (χ1) is 32.0. The number of nitrogens with one attached hydrogen (secondary N) is 1. The molecule has 0 unspecified atom stereocenters. The van der Waals surface area contributed by atoms with Gasteiger partial charge in [0.15, 0.2) is 7.28 Å². The van der Waals surface area contributed by atoms with E-state index in [2.05, 4.69) is 221 Å². The fraction of sp³-hybridized carbons (Fsp3) is 0.148. The molecule has 319 valence electrons. The summed E-state index contributed by atoms with van der Waals surface area (Å²) in [5, 5.41) is 6.52. The fourth-order valence-electron chi connectivity index (χ4n) is 10.9. The number of allylic oxidation sites excluding steroid dienone is 2. The van der Waals surface area contributed by atoms with Crippen LogP contribution >= 0.6 is 0 Å². The second-order valence-electron chi connectivity index (χ2n) is 19.7. The number of hydrogen-bond donors (Lipinski definition) is 1. The van der Waals surface area contributed by atoms with Gasteiger partial charge in [-0.25, -0.2) is 0 Å². The van der Waals surface area contributed by atoms with E-state index in [1.807, 2.05) is 18.2 Å². The molecule has 8 aromatic carbocycles. The number of para-hydroxylation sites is 3. The molecule has 12 rings (SSSR count). The third-order valence-corrected chi connectivity index (χ3v) is 14.5. The number of benzene rings is 8. The maximum Gasteiger partial charge on any atom is 0.197 e. The third-order valence-electron chi connectivity index (χ3n) is 14.5. The van der Waals surface area contributed by atoms with Gasteiger partial charge in [0.2, 0.25) is 0 Å². The Labute approximate surface area is 388 Å². The van der Waals surface area contributed by atoms with Crippen molar-refractivity contribution < 1.29 is 4.74 Å². The van der Waals surface area contributed by atoms with Crippen LogP contribution in [0.15, 0.2) is 183 Å². The molecule has 2 aliphatic heterocycles. The average Bonchev–Trinajstić information content (AvgIpc) is 3.69. The zero-order valence-corrected chi connectivity index (χ0v) is 38.2. The molecule has 0 atom stereocenters. The van der Waals surface area contributed by atoms with Gasteiger partial charge in [0.1, 0.15) is 11.5 Å². The highest BCUT2D eigenvalue weighted by atomic mass is 16.5. The van der Waals surface area contributed by atoms with Crippen LogP contribution in [0.1, 0.15) is 68.4 Å². The average molecular weight is 853 g/mol. The summed E-state index contributed by atoms with van der Waals surface area (Å²) in [4.78, 5) is 2.36. The molecule has 0 amide bonds. The molecule has 0 fully saturated rings. The summed E-state index contributed by atoms with van der Waals surface area (Å²) in [6, 6.07) is 61.5. The van der Waals surface area contributed by atoms with Gasteiger partial charge < -0.3 is 19.5 Å². The molecule has 1 aromatic heterocycles. The molecule has 0 spiro atoms. The van der Waals surface area contributed by atoms with Crippen LogP contribution in [0.4, 0.5) is 28.4 Å². The summed E-state index contributed by atoms with van der Waals surface area (Å²) in [7, 11) is 2.40. The minimum absolute atomic E-state index is 0.0810. The number of nitrogens with zero attached hydrogens (tertiary/aromatic N) is 2. The van der Waals surface area contributed by atoms with E-state index < -0.39 is 0 Å². The molecule has 9 aromatic rings. The Hall–Kier alpha value is -7.50. The van der Waals surface area contributed by atoms with Crippen LogP contribution in [0.2, 0.25) is 0 Å². The maximum atomic E-state index is 6.74. The molecule has 0 saturated heterocycles. The lowest BCUT2D eigenvalue weighted by molar-refractivity contribution is 0.332. The number of anilines is 5. The van der Waals surface area contributed by atoms with Crippen LogP contribution in [-0.4, -0.2) is 11.8 Å². The van der Waals surface area contributed by atoms with Crippen molar-refractivity contribution in [2.75, 3.05) is 10.2 Å². The molecule has 4 nitrogen and oxygen atoms in total. The SMILES string of the molecule is C=C1C=C(c2ccccc2)Oc2cc3c(cc21)[B]c1c(-c2cc(N(c4ccccc4)c4ccccc4)ccc2Nc2ccc4c(c2)C(C)(C)CCC4(C)C)cc(C)c2c4ccccc4n-3c12. The first-order valence-corrected chi connectivity index (χ1v) is 23.2. The largest absolute Gasteiger partial charge is 0.456 e. The molecular weight excluding hydrogens is 802 g/mol. The number of ether oxygens (including phenoxy) is 1. The highest BCUT2D eigenvalue weighted by Gasteiger charge is 2.37. The molecule has 3 heterocycles. The highest BCUT2D eigenvalue weighted by Crippen LogP contribution is 2.48. The lowest BCUT2D eigenvalue weighted by atomic mass is 9.58. The summed E-state index contributed by atoms with van der Waals surface area (Å²) in [6.07, 6.45) is 4.41. The summed E-state index contributed by atoms with van der Waals surface area (Å²) in [5.41, 5.74) is 20.8. The maximum absolute atomic E-state index is 6.74. The zero-order chi connectivity index (χ0) is 44.9. The van der Waals surface area contributed by atoms with Crippen molar-refractivity contribution in [1.29, 1.82) is 0 Å². The highest BCUT2D eigenvalue weighted by molar-refractivity contribution is 6.73. The number of rotatable bonds is 7. The van der Waals surface area contributed by atoms with Crippen molar-refractivity contribution in [2.45, 2.75) is 58.3 Å². The lowest BCUT2D eigenvalue weighted by Gasteiger charge is -2.42. The number of hydrogen-bond acceptors (Lipinski definition) is 3. The van der Waals surface area contributed by atoms with Gasteiger partial charge in [-0.1, -0.05) is 143 Å². The number of aryl methyl sites for hydroxylation is 1. The van der Waals surface area contributed by atoms with Crippen molar-refractivity contribution in [3.8, 4) is 22.6 Å². The zero-order valence-electron chi connectivity index (χ0n) is 38.2. The van der Waals surface area contributed by atoms with Crippen LogP contribution in [0.5, 0.6) is 5.75 Å². The molecule has 1 aliphatic carbocycles. The Kier molecular flexibility index (Phi) is 9.12. The Bertz CT molecular complexity index is 3430. The third kappa shape index (κ3) is 6.43.